The fraction of sp³-hybridized carbons (Fsp3) is 0.333. The predicted molar refractivity (Wildman–Crippen MR) is 105 cm³/mol. The van der Waals surface area contributed by atoms with Gasteiger partial charge in [-0.25, -0.2) is 4.98 Å². The molecule has 0 radical (unpaired) electrons. The number of likely N-dealkylation sites (N-methyl/N-ethyl adjacent to an activating group) is 1. The molecule has 6 nitrogen and oxygen atoms in total. The molecule has 0 aliphatic carbocycles. The fourth-order valence-electron chi connectivity index (χ4n) is 3.71. The van der Waals surface area contributed by atoms with Crippen molar-refractivity contribution in [2.75, 3.05) is 13.7 Å². The van der Waals surface area contributed by atoms with Gasteiger partial charge in [0.1, 0.15) is 11.6 Å². The van der Waals surface area contributed by atoms with Crippen molar-refractivity contribution in [3.8, 4) is 5.75 Å². The van der Waals surface area contributed by atoms with Crippen molar-refractivity contribution in [3.63, 3.8) is 0 Å². The molecule has 1 aliphatic heterocycles. The van der Waals surface area contributed by atoms with E-state index in [1.54, 1.807) is 7.11 Å². The van der Waals surface area contributed by atoms with Crippen LogP contribution in [-0.4, -0.2) is 40.5 Å². The van der Waals surface area contributed by atoms with Gasteiger partial charge in [-0.3, -0.25) is 9.69 Å². The molecule has 1 atom stereocenters. The van der Waals surface area contributed by atoms with Crippen LogP contribution in [0, 0.1) is 0 Å². The fourth-order valence-corrected chi connectivity index (χ4v) is 3.71. The molecular formula is C21H24N4O2. The maximum absolute atomic E-state index is 12.9. The molecule has 2 N–H and O–H groups in total. The van der Waals surface area contributed by atoms with Crippen LogP contribution in [0.1, 0.15) is 23.9 Å². The highest BCUT2D eigenvalue weighted by Gasteiger charge is 2.30. The third kappa shape index (κ3) is 3.53. The van der Waals surface area contributed by atoms with Crippen molar-refractivity contribution < 1.29 is 9.53 Å². The van der Waals surface area contributed by atoms with E-state index in [9.17, 15) is 4.79 Å². The molecule has 2 aromatic carbocycles. The topological polar surface area (TPSA) is 70.2 Å². The van der Waals surface area contributed by atoms with Gasteiger partial charge >= 0.3 is 0 Å². The van der Waals surface area contributed by atoms with Crippen LogP contribution in [0.25, 0.3) is 11.0 Å². The van der Waals surface area contributed by atoms with Crippen LogP contribution >= 0.6 is 0 Å². The number of amides is 1. The summed E-state index contributed by atoms with van der Waals surface area (Å²) >= 11 is 0. The molecule has 3 aromatic rings. The van der Waals surface area contributed by atoms with Crippen molar-refractivity contribution in [2.24, 2.45) is 0 Å². The molecule has 0 spiro atoms. The van der Waals surface area contributed by atoms with Gasteiger partial charge in [-0.15, -0.1) is 0 Å². The number of rotatable bonds is 5. The summed E-state index contributed by atoms with van der Waals surface area (Å²) in [5, 5.41) is 3.05. The molecule has 4 rings (SSSR count). The molecule has 2 heterocycles. The summed E-state index contributed by atoms with van der Waals surface area (Å²) in [6, 6.07) is 13.9. The first-order chi connectivity index (χ1) is 13.2. The van der Waals surface area contributed by atoms with E-state index in [1.807, 2.05) is 24.3 Å². The van der Waals surface area contributed by atoms with Gasteiger partial charge in [0.2, 0.25) is 5.91 Å². The second-order valence-electron chi connectivity index (χ2n) is 6.84. The van der Waals surface area contributed by atoms with E-state index in [-0.39, 0.29) is 11.9 Å². The lowest BCUT2D eigenvalue weighted by molar-refractivity contribution is -0.127. The van der Waals surface area contributed by atoms with Crippen molar-refractivity contribution in [3.05, 3.63) is 59.4 Å². The Hall–Kier alpha value is -2.86. The zero-order valence-electron chi connectivity index (χ0n) is 15.7. The van der Waals surface area contributed by atoms with E-state index in [0.29, 0.717) is 6.54 Å². The Morgan fingerprint density at radius 2 is 2.11 bits per heavy atom. The van der Waals surface area contributed by atoms with Crippen LogP contribution in [0.2, 0.25) is 0 Å². The number of carbonyl (C=O) groups is 1. The van der Waals surface area contributed by atoms with Crippen LogP contribution < -0.4 is 10.1 Å². The minimum Gasteiger partial charge on any atom is -0.497 e. The van der Waals surface area contributed by atoms with E-state index < -0.39 is 0 Å². The molecule has 0 saturated heterocycles. The Morgan fingerprint density at radius 1 is 1.30 bits per heavy atom. The highest BCUT2D eigenvalue weighted by Crippen LogP contribution is 2.23. The molecule has 140 valence electrons. The Bertz CT molecular complexity index is 966. The van der Waals surface area contributed by atoms with E-state index >= 15 is 0 Å². The number of H-pyrrole nitrogens is 1. The number of aromatic nitrogens is 2. The van der Waals surface area contributed by atoms with Gasteiger partial charge in [0.25, 0.3) is 0 Å². The summed E-state index contributed by atoms with van der Waals surface area (Å²) in [5.74, 6) is 1.57. The quantitative estimate of drug-likeness (QED) is 0.730. The predicted octanol–water partition coefficient (Wildman–Crippen LogP) is 2.63. The summed E-state index contributed by atoms with van der Waals surface area (Å²) < 4.78 is 5.24. The Balaban J connectivity index is 1.46. The van der Waals surface area contributed by atoms with Gasteiger partial charge in [-0.05, 0) is 36.2 Å². The summed E-state index contributed by atoms with van der Waals surface area (Å²) in [6.45, 7) is 4.14. The number of ether oxygens (including phenoxy) is 1. The summed E-state index contributed by atoms with van der Waals surface area (Å²) in [6.07, 6.45) is 0.743. The summed E-state index contributed by atoms with van der Waals surface area (Å²) in [7, 11) is 1.64. The molecule has 1 aromatic heterocycles. The highest BCUT2D eigenvalue weighted by molar-refractivity contribution is 5.82. The van der Waals surface area contributed by atoms with Crippen LogP contribution in [-0.2, 0) is 24.3 Å². The molecule has 1 amide bonds. The summed E-state index contributed by atoms with van der Waals surface area (Å²) in [4.78, 5) is 22.9. The van der Waals surface area contributed by atoms with Crippen molar-refractivity contribution >= 4 is 16.9 Å². The molecule has 0 fully saturated rings. The van der Waals surface area contributed by atoms with Crippen LogP contribution in [0.3, 0.4) is 0 Å². The van der Waals surface area contributed by atoms with Gasteiger partial charge < -0.3 is 15.0 Å². The number of aromatic amines is 1. The number of nitrogens with zero attached hydrogens (tertiary/aromatic N) is 2. The number of hydrogen-bond donors (Lipinski definition) is 2. The Labute approximate surface area is 158 Å². The van der Waals surface area contributed by atoms with E-state index in [0.717, 1.165) is 42.1 Å². The van der Waals surface area contributed by atoms with E-state index in [4.69, 9.17) is 4.74 Å². The van der Waals surface area contributed by atoms with Crippen molar-refractivity contribution in [1.29, 1.82) is 0 Å². The summed E-state index contributed by atoms with van der Waals surface area (Å²) in [5.41, 5.74) is 4.34. The van der Waals surface area contributed by atoms with Crippen molar-refractivity contribution in [2.45, 2.75) is 32.5 Å². The molecule has 0 saturated carbocycles. The lowest BCUT2D eigenvalue weighted by Gasteiger charge is -2.35. The molecule has 1 aliphatic rings. The zero-order valence-corrected chi connectivity index (χ0v) is 15.7. The molecule has 6 heteroatoms. The third-order valence-electron chi connectivity index (χ3n) is 5.22. The van der Waals surface area contributed by atoms with Gasteiger partial charge in [0, 0.05) is 12.6 Å². The van der Waals surface area contributed by atoms with Gasteiger partial charge in [0.05, 0.1) is 30.7 Å². The molecular weight excluding hydrogens is 340 g/mol. The average molecular weight is 364 g/mol. The zero-order chi connectivity index (χ0) is 18.8. The largest absolute Gasteiger partial charge is 0.497 e. The lowest BCUT2D eigenvalue weighted by Crippen LogP contribution is -2.50. The minimum absolute atomic E-state index is 0.0457. The standard InChI is InChI=1S/C21H24N4O2/c1-3-25-13-15-7-5-4-6-14(15)10-19(25)21(26)22-12-20-23-17-9-8-16(27-2)11-18(17)24-20/h4-9,11,19H,3,10,12-13H2,1-2H3,(H,22,26)(H,23,24). The van der Waals surface area contributed by atoms with E-state index in [1.165, 1.54) is 11.1 Å². The maximum Gasteiger partial charge on any atom is 0.238 e. The number of nitrogens with one attached hydrogen (secondary N) is 2. The van der Waals surface area contributed by atoms with Gasteiger partial charge in [0.15, 0.2) is 0 Å². The lowest BCUT2D eigenvalue weighted by atomic mass is 9.93. The second kappa shape index (κ2) is 7.40. The van der Waals surface area contributed by atoms with Gasteiger partial charge in [-0.1, -0.05) is 31.2 Å². The molecule has 1 unspecified atom stereocenters. The van der Waals surface area contributed by atoms with Crippen LogP contribution in [0.15, 0.2) is 42.5 Å². The Morgan fingerprint density at radius 3 is 2.89 bits per heavy atom. The normalized spacial score (nSPS) is 16.9. The number of carbonyl (C=O) groups excluding carboxylic acids is 1. The number of hydrogen-bond acceptors (Lipinski definition) is 4. The first-order valence-electron chi connectivity index (χ1n) is 9.29. The SMILES string of the molecule is CCN1Cc2ccccc2CC1C(=O)NCc1nc2ccc(OC)cc2[nH]1. The van der Waals surface area contributed by atoms with Gasteiger partial charge in [-0.2, -0.15) is 0 Å². The van der Waals surface area contributed by atoms with Crippen molar-refractivity contribution in [1.82, 2.24) is 20.2 Å². The average Bonchev–Trinajstić information content (AvgIpc) is 3.12. The first-order valence-corrected chi connectivity index (χ1v) is 9.29. The second-order valence-corrected chi connectivity index (χ2v) is 6.84. The van der Waals surface area contributed by atoms with E-state index in [2.05, 4.69) is 45.3 Å². The first kappa shape index (κ1) is 17.5. The third-order valence-corrected chi connectivity index (χ3v) is 5.22. The monoisotopic (exact) mass is 364 g/mol. The highest BCUT2D eigenvalue weighted by atomic mass is 16.5. The Kier molecular flexibility index (Phi) is 4.81. The minimum atomic E-state index is -0.144. The smallest absolute Gasteiger partial charge is 0.238 e. The maximum atomic E-state index is 12.9. The molecule has 27 heavy (non-hydrogen) atoms. The van der Waals surface area contributed by atoms with Crippen LogP contribution in [0.5, 0.6) is 5.75 Å². The number of imidazole rings is 1. The van der Waals surface area contributed by atoms with Crippen LogP contribution in [0.4, 0.5) is 0 Å². The number of fused-ring (bicyclic) bond motifs is 2. The number of benzene rings is 2. The molecule has 0 bridgehead atoms. The number of methoxy groups -OCH3 is 1.